The van der Waals surface area contributed by atoms with Gasteiger partial charge in [0.25, 0.3) is 0 Å². The molecule has 0 radical (unpaired) electrons. The molecule has 0 spiro atoms. The molecule has 0 saturated carbocycles. The summed E-state index contributed by atoms with van der Waals surface area (Å²) >= 11 is 0. The smallest absolute Gasteiger partial charge is 0.157 e. The molecule has 1 aliphatic heterocycles. The molecule has 0 aromatic rings. The Morgan fingerprint density at radius 3 is 2.65 bits per heavy atom. The van der Waals surface area contributed by atoms with Gasteiger partial charge in [0.15, 0.2) is 6.29 Å². The number of aliphatic hydroxyl groups is 1. The summed E-state index contributed by atoms with van der Waals surface area (Å²) in [4.78, 5) is 0. The van der Waals surface area contributed by atoms with Gasteiger partial charge in [-0.25, -0.2) is 0 Å². The average molecular weight is 244 g/mol. The van der Waals surface area contributed by atoms with Crippen molar-refractivity contribution in [1.82, 2.24) is 0 Å². The van der Waals surface area contributed by atoms with Gasteiger partial charge < -0.3 is 14.6 Å². The second kappa shape index (κ2) is 9.86. The molecule has 1 N–H and O–H groups in total. The van der Waals surface area contributed by atoms with E-state index in [0.717, 1.165) is 32.3 Å². The third kappa shape index (κ3) is 7.74. The molecule has 1 rings (SSSR count). The summed E-state index contributed by atoms with van der Waals surface area (Å²) in [5, 5.41) is 8.66. The zero-order valence-corrected chi connectivity index (χ0v) is 11.2. The molecule has 0 aromatic heterocycles. The molecule has 1 saturated heterocycles. The van der Waals surface area contributed by atoms with Crippen LogP contribution in [0, 0.1) is 0 Å². The lowest BCUT2D eigenvalue weighted by Crippen LogP contribution is -2.26. The normalized spacial score (nSPS) is 22.6. The van der Waals surface area contributed by atoms with Crippen molar-refractivity contribution in [2.45, 2.75) is 77.1 Å². The van der Waals surface area contributed by atoms with E-state index >= 15 is 0 Å². The molecule has 0 aliphatic carbocycles. The Balaban J connectivity index is 1.91. The zero-order valence-electron chi connectivity index (χ0n) is 11.2. The van der Waals surface area contributed by atoms with Crippen molar-refractivity contribution in [1.29, 1.82) is 0 Å². The van der Waals surface area contributed by atoms with E-state index in [4.69, 9.17) is 14.6 Å². The molecule has 2 atom stereocenters. The van der Waals surface area contributed by atoms with E-state index in [1.807, 2.05) is 0 Å². The molecule has 0 amide bonds. The van der Waals surface area contributed by atoms with Gasteiger partial charge in [0.05, 0.1) is 6.10 Å². The molecule has 0 bridgehead atoms. The number of aliphatic hydroxyl groups excluding tert-OH is 1. The van der Waals surface area contributed by atoms with Crippen molar-refractivity contribution in [2.75, 3.05) is 13.2 Å². The first-order valence-electron chi connectivity index (χ1n) is 7.21. The van der Waals surface area contributed by atoms with Crippen LogP contribution < -0.4 is 0 Å². The molecule has 1 heterocycles. The summed E-state index contributed by atoms with van der Waals surface area (Å²) in [6.45, 7) is 3.34. The molecule has 0 aromatic carbocycles. The van der Waals surface area contributed by atoms with E-state index in [-0.39, 0.29) is 6.29 Å². The van der Waals surface area contributed by atoms with Crippen LogP contribution in [0.2, 0.25) is 0 Å². The molecule has 3 nitrogen and oxygen atoms in total. The fraction of sp³-hybridized carbons (Fsp3) is 1.00. The van der Waals surface area contributed by atoms with E-state index in [9.17, 15) is 0 Å². The van der Waals surface area contributed by atoms with Crippen LogP contribution in [0.25, 0.3) is 0 Å². The lowest BCUT2D eigenvalue weighted by Gasteiger charge is -2.26. The van der Waals surface area contributed by atoms with Crippen LogP contribution in [0.5, 0.6) is 0 Å². The Labute approximate surface area is 105 Å². The number of rotatable bonds is 9. The van der Waals surface area contributed by atoms with Gasteiger partial charge in [-0.15, -0.1) is 0 Å². The van der Waals surface area contributed by atoms with Gasteiger partial charge in [0.1, 0.15) is 0 Å². The minimum Gasteiger partial charge on any atom is -0.396 e. The quantitative estimate of drug-likeness (QED) is 0.633. The Hall–Kier alpha value is -0.120. The van der Waals surface area contributed by atoms with Crippen molar-refractivity contribution in [3.63, 3.8) is 0 Å². The highest BCUT2D eigenvalue weighted by molar-refractivity contribution is 4.58. The molecule has 2 unspecified atom stereocenters. The summed E-state index contributed by atoms with van der Waals surface area (Å²) in [6.07, 6.45) is 10.8. The molecule has 102 valence electrons. The summed E-state index contributed by atoms with van der Waals surface area (Å²) < 4.78 is 11.4. The monoisotopic (exact) mass is 244 g/mol. The Morgan fingerprint density at radius 1 is 1.18 bits per heavy atom. The summed E-state index contributed by atoms with van der Waals surface area (Å²) in [5.74, 6) is 0. The summed E-state index contributed by atoms with van der Waals surface area (Å²) in [7, 11) is 0. The molecule has 1 aliphatic rings. The average Bonchev–Trinajstić information content (AvgIpc) is 2.35. The fourth-order valence-electron chi connectivity index (χ4n) is 2.22. The van der Waals surface area contributed by atoms with Crippen LogP contribution in [-0.2, 0) is 9.47 Å². The van der Waals surface area contributed by atoms with Gasteiger partial charge in [-0.05, 0) is 39.0 Å². The lowest BCUT2D eigenvalue weighted by molar-refractivity contribution is -0.185. The van der Waals surface area contributed by atoms with Crippen LogP contribution >= 0.6 is 0 Å². The van der Waals surface area contributed by atoms with Gasteiger partial charge in [-0.3, -0.25) is 0 Å². The van der Waals surface area contributed by atoms with Crippen LogP contribution in [-0.4, -0.2) is 30.7 Å². The van der Waals surface area contributed by atoms with E-state index in [0.29, 0.717) is 12.7 Å². The minimum atomic E-state index is 0.0492. The van der Waals surface area contributed by atoms with Crippen molar-refractivity contribution in [3.05, 3.63) is 0 Å². The Bertz CT molecular complexity index is 167. The Kier molecular flexibility index (Phi) is 8.67. The number of ether oxygens (including phenoxy) is 2. The van der Waals surface area contributed by atoms with Crippen LogP contribution in [0.15, 0.2) is 0 Å². The predicted molar refractivity (Wildman–Crippen MR) is 68.9 cm³/mol. The van der Waals surface area contributed by atoms with Gasteiger partial charge >= 0.3 is 0 Å². The molecule has 1 fully saturated rings. The van der Waals surface area contributed by atoms with Gasteiger partial charge in [-0.2, -0.15) is 0 Å². The Morgan fingerprint density at radius 2 is 1.94 bits per heavy atom. The van der Waals surface area contributed by atoms with E-state index < -0.39 is 0 Å². The number of hydrogen-bond acceptors (Lipinski definition) is 3. The van der Waals surface area contributed by atoms with E-state index in [1.165, 1.54) is 32.1 Å². The summed E-state index contributed by atoms with van der Waals surface area (Å²) in [6, 6.07) is 0. The molecule has 17 heavy (non-hydrogen) atoms. The maximum Gasteiger partial charge on any atom is 0.157 e. The van der Waals surface area contributed by atoms with Crippen molar-refractivity contribution >= 4 is 0 Å². The highest BCUT2D eigenvalue weighted by Crippen LogP contribution is 2.17. The topological polar surface area (TPSA) is 38.7 Å². The van der Waals surface area contributed by atoms with E-state index in [2.05, 4.69) is 6.92 Å². The van der Waals surface area contributed by atoms with Crippen molar-refractivity contribution in [2.24, 2.45) is 0 Å². The first-order chi connectivity index (χ1) is 8.33. The number of hydrogen-bond donors (Lipinski definition) is 1. The molecular formula is C14H28O3. The van der Waals surface area contributed by atoms with E-state index in [1.54, 1.807) is 0 Å². The van der Waals surface area contributed by atoms with Crippen LogP contribution in [0.1, 0.15) is 64.7 Å². The lowest BCUT2D eigenvalue weighted by atomic mass is 10.1. The third-order valence-electron chi connectivity index (χ3n) is 3.29. The first-order valence-corrected chi connectivity index (χ1v) is 7.21. The third-order valence-corrected chi connectivity index (χ3v) is 3.29. The highest BCUT2D eigenvalue weighted by Gasteiger charge is 2.16. The fourth-order valence-corrected chi connectivity index (χ4v) is 2.22. The largest absolute Gasteiger partial charge is 0.396 e. The van der Waals surface area contributed by atoms with Crippen molar-refractivity contribution in [3.8, 4) is 0 Å². The maximum absolute atomic E-state index is 8.66. The highest BCUT2D eigenvalue weighted by atomic mass is 16.7. The second-order valence-corrected chi connectivity index (χ2v) is 5.02. The molecule has 3 heteroatoms. The SMILES string of the molecule is CC(CCCCCCCO)OC1CCCCO1. The maximum atomic E-state index is 8.66. The first kappa shape index (κ1) is 14.9. The zero-order chi connectivity index (χ0) is 12.3. The standard InChI is InChI=1S/C14H28O3/c1-13(9-5-3-2-4-7-11-15)17-14-10-6-8-12-16-14/h13-15H,2-12H2,1H3. The predicted octanol–water partition coefficient (Wildman–Crippen LogP) is 3.25. The minimum absolute atomic E-state index is 0.0492. The van der Waals surface area contributed by atoms with Crippen LogP contribution in [0.4, 0.5) is 0 Å². The molecular weight excluding hydrogens is 216 g/mol. The summed E-state index contributed by atoms with van der Waals surface area (Å²) in [5.41, 5.74) is 0. The number of unbranched alkanes of at least 4 members (excludes halogenated alkanes) is 4. The van der Waals surface area contributed by atoms with Crippen molar-refractivity contribution < 1.29 is 14.6 Å². The van der Waals surface area contributed by atoms with Gasteiger partial charge in [0, 0.05) is 13.2 Å². The van der Waals surface area contributed by atoms with Gasteiger partial charge in [0.2, 0.25) is 0 Å². The van der Waals surface area contributed by atoms with Crippen LogP contribution in [0.3, 0.4) is 0 Å². The second-order valence-electron chi connectivity index (χ2n) is 5.02. The van der Waals surface area contributed by atoms with Gasteiger partial charge in [-0.1, -0.05) is 25.7 Å².